The van der Waals surface area contributed by atoms with Crippen LogP contribution in [-0.4, -0.2) is 19.2 Å². The molecule has 0 atom stereocenters. The van der Waals surface area contributed by atoms with E-state index in [2.05, 4.69) is 0 Å². The molecule has 0 amide bonds. The van der Waals surface area contributed by atoms with Crippen molar-refractivity contribution < 1.29 is 14.3 Å². The van der Waals surface area contributed by atoms with E-state index < -0.39 is 0 Å². The lowest BCUT2D eigenvalue weighted by molar-refractivity contribution is 0.104. The van der Waals surface area contributed by atoms with Gasteiger partial charge in [-0.3, -0.25) is 9.59 Å². The van der Waals surface area contributed by atoms with Crippen molar-refractivity contribution in [2.24, 2.45) is 0 Å². The lowest BCUT2D eigenvalue weighted by Crippen LogP contribution is -1.94. The van der Waals surface area contributed by atoms with E-state index in [4.69, 9.17) is 16.3 Å². The van der Waals surface area contributed by atoms with Crippen LogP contribution < -0.4 is 4.74 Å². The third-order valence-corrected chi connectivity index (χ3v) is 3.22. The topological polar surface area (TPSA) is 43.4 Å². The Bertz CT molecular complexity index is 688. The number of halogens is 1. The number of methoxy groups -OCH3 is 1. The van der Waals surface area contributed by atoms with E-state index in [9.17, 15) is 9.59 Å². The second kappa shape index (κ2) is 6.86. The van der Waals surface area contributed by atoms with Crippen LogP contribution in [0.1, 0.15) is 26.3 Å². The Hall–Kier alpha value is -2.39. The first-order valence-corrected chi connectivity index (χ1v) is 6.63. The highest BCUT2D eigenvalue weighted by molar-refractivity contribution is 6.30. The predicted molar refractivity (Wildman–Crippen MR) is 83.2 cm³/mol. The SMILES string of the molecule is COc1ccc(C=O)c(/C=C/C(=O)c2ccc(Cl)cc2)c1. The monoisotopic (exact) mass is 300 g/mol. The van der Waals surface area contributed by atoms with Gasteiger partial charge >= 0.3 is 0 Å². The van der Waals surface area contributed by atoms with Crippen LogP contribution in [0.2, 0.25) is 5.02 Å². The van der Waals surface area contributed by atoms with E-state index in [0.29, 0.717) is 27.5 Å². The van der Waals surface area contributed by atoms with E-state index in [0.717, 1.165) is 6.29 Å². The first kappa shape index (κ1) is 15.0. The molecule has 0 heterocycles. The normalized spacial score (nSPS) is 10.6. The number of hydrogen-bond donors (Lipinski definition) is 0. The van der Waals surface area contributed by atoms with E-state index in [1.54, 1.807) is 55.7 Å². The molecule has 0 fully saturated rings. The number of carbonyl (C=O) groups is 2. The molecule has 0 aromatic heterocycles. The number of aldehydes is 1. The number of benzene rings is 2. The second-order valence-corrected chi connectivity index (χ2v) is 4.75. The molecule has 0 unspecified atom stereocenters. The Morgan fingerprint density at radius 1 is 1.10 bits per heavy atom. The molecule has 106 valence electrons. The van der Waals surface area contributed by atoms with Crippen LogP contribution >= 0.6 is 11.6 Å². The maximum Gasteiger partial charge on any atom is 0.185 e. The van der Waals surface area contributed by atoms with Crippen molar-refractivity contribution in [2.75, 3.05) is 7.11 Å². The van der Waals surface area contributed by atoms with Gasteiger partial charge in [-0.1, -0.05) is 17.7 Å². The predicted octanol–water partition coefficient (Wildman–Crippen LogP) is 4.06. The summed E-state index contributed by atoms with van der Waals surface area (Å²) in [6.45, 7) is 0. The fraction of sp³-hybridized carbons (Fsp3) is 0.0588. The summed E-state index contributed by atoms with van der Waals surface area (Å²) in [6.07, 6.45) is 3.76. The van der Waals surface area contributed by atoms with Gasteiger partial charge in [-0.15, -0.1) is 0 Å². The summed E-state index contributed by atoms with van der Waals surface area (Å²) in [5.41, 5.74) is 1.66. The highest BCUT2D eigenvalue weighted by atomic mass is 35.5. The van der Waals surface area contributed by atoms with Crippen molar-refractivity contribution >= 4 is 29.7 Å². The molecule has 0 N–H and O–H groups in total. The van der Waals surface area contributed by atoms with Crippen molar-refractivity contribution in [3.8, 4) is 5.75 Å². The van der Waals surface area contributed by atoms with E-state index in [-0.39, 0.29) is 5.78 Å². The quantitative estimate of drug-likeness (QED) is 0.475. The molecule has 2 aromatic rings. The van der Waals surface area contributed by atoms with Crippen LogP contribution in [0.4, 0.5) is 0 Å². The van der Waals surface area contributed by atoms with Gasteiger partial charge in [0.1, 0.15) is 5.75 Å². The molecule has 0 aliphatic rings. The number of hydrogen-bond acceptors (Lipinski definition) is 3. The minimum absolute atomic E-state index is 0.161. The van der Waals surface area contributed by atoms with Crippen molar-refractivity contribution in [3.63, 3.8) is 0 Å². The molecular weight excluding hydrogens is 288 g/mol. The first-order valence-electron chi connectivity index (χ1n) is 6.25. The molecule has 2 aromatic carbocycles. The smallest absolute Gasteiger partial charge is 0.185 e. The lowest BCUT2D eigenvalue weighted by Gasteiger charge is -2.03. The average Bonchev–Trinajstić information content (AvgIpc) is 2.52. The summed E-state index contributed by atoms with van der Waals surface area (Å²) in [7, 11) is 1.54. The van der Waals surface area contributed by atoms with Crippen molar-refractivity contribution in [1.82, 2.24) is 0 Å². The van der Waals surface area contributed by atoms with Gasteiger partial charge in [0.2, 0.25) is 0 Å². The fourth-order valence-corrected chi connectivity index (χ4v) is 1.93. The fourth-order valence-electron chi connectivity index (χ4n) is 1.81. The molecule has 21 heavy (non-hydrogen) atoms. The second-order valence-electron chi connectivity index (χ2n) is 4.32. The van der Waals surface area contributed by atoms with Crippen LogP contribution in [0.5, 0.6) is 5.75 Å². The van der Waals surface area contributed by atoms with Crippen LogP contribution in [0, 0.1) is 0 Å². The Balaban J connectivity index is 2.26. The third-order valence-electron chi connectivity index (χ3n) is 2.96. The Morgan fingerprint density at radius 3 is 2.43 bits per heavy atom. The zero-order valence-electron chi connectivity index (χ0n) is 11.4. The van der Waals surface area contributed by atoms with Crippen LogP contribution in [0.15, 0.2) is 48.5 Å². The van der Waals surface area contributed by atoms with Gasteiger partial charge in [-0.2, -0.15) is 0 Å². The summed E-state index contributed by atoms with van der Waals surface area (Å²) < 4.78 is 5.11. The molecule has 4 heteroatoms. The Morgan fingerprint density at radius 2 is 1.81 bits per heavy atom. The molecule has 0 bridgehead atoms. The maximum atomic E-state index is 12.0. The molecular formula is C17H13ClO3. The number of ether oxygens (including phenoxy) is 1. The van der Waals surface area contributed by atoms with E-state index in [1.807, 2.05) is 0 Å². The van der Waals surface area contributed by atoms with Gasteiger partial charge < -0.3 is 4.74 Å². The Kier molecular flexibility index (Phi) is 4.90. The molecule has 0 radical (unpaired) electrons. The minimum Gasteiger partial charge on any atom is -0.497 e. The summed E-state index contributed by atoms with van der Waals surface area (Å²) in [5, 5.41) is 0.576. The summed E-state index contributed by atoms with van der Waals surface area (Å²) in [5.74, 6) is 0.463. The van der Waals surface area contributed by atoms with Gasteiger partial charge in [-0.05, 0) is 54.1 Å². The zero-order chi connectivity index (χ0) is 15.2. The minimum atomic E-state index is -0.161. The molecule has 3 nitrogen and oxygen atoms in total. The maximum absolute atomic E-state index is 12.0. The van der Waals surface area contributed by atoms with E-state index >= 15 is 0 Å². The standard InChI is InChI=1S/C17H13ClO3/c1-21-16-8-4-14(11-19)13(10-16)5-9-17(20)12-2-6-15(18)7-3-12/h2-11H,1H3/b9-5+. The summed E-state index contributed by atoms with van der Waals surface area (Å²) in [4.78, 5) is 23.0. The zero-order valence-corrected chi connectivity index (χ0v) is 12.1. The Labute approximate surface area is 127 Å². The van der Waals surface area contributed by atoms with Gasteiger partial charge in [-0.25, -0.2) is 0 Å². The van der Waals surface area contributed by atoms with E-state index in [1.165, 1.54) is 6.08 Å². The number of ketones is 1. The van der Waals surface area contributed by atoms with Crippen molar-refractivity contribution in [2.45, 2.75) is 0 Å². The van der Waals surface area contributed by atoms with Crippen molar-refractivity contribution in [1.29, 1.82) is 0 Å². The number of carbonyl (C=O) groups excluding carboxylic acids is 2. The van der Waals surface area contributed by atoms with Crippen LogP contribution in [-0.2, 0) is 0 Å². The van der Waals surface area contributed by atoms with Gasteiger partial charge in [0.25, 0.3) is 0 Å². The van der Waals surface area contributed by atoms with Gasteiger partial charge in [0.05, 0.1) is 7.11 Å². The largest absolute Gasteiger partial charge is 0.497 e. The summed E-state index contributed by atoms with van der Waals surface area (Å²) >= 11 is 5.78. The molecule has 0 aliphatic heterocycles. The number of allylic oxidation sites excluding steroid dienone is 1. The lowest BCUT2D eigenvalue weighted by atomic mass is 10.1. The van der Waals surface area contributed by atoms with Crippen LogP contribution in [0.25, 0.3) is 6.08 Å². The first-order chi connectivity index (χ1) is 10.1. The van der Waals surface area contributed by atoms with Crippen LogP contribution in [0.3, 0.4) is 0 Å². The molecule has 0 spiro atoms. The highest BCUT2D eigenvalue weighted by Gasteiger charge is 2.04. The third kappa shape index (κ3) is 3.80. The van der Waals surface area contributed by atoms with Gasteiger partial charge in [0.15, 0.2) is 12.1 Å². The van der Waals surface area contributed by atoms with Gasteiger partial charge in [0, 0.05) is 16.1 Å². The highest BCUT2D eigenvalue weighted by Crippen LogP contribution is 2.18. The number of rotatable bonds is 5. The molecule has 0 saturated carbocycles. The molecule has 0 saturated heterocycles. The molecule has 0 aliphatic carbocycles. The molecule has 2 rings (SSSR count). The van der Waals surface area contributed by atoms with Crippen molar-refractivity contribution in [3.05, 3.63) is 70.3 Å². The summed E-state index contributed by atoms with van der Waals surface area (Å²) in [6, 6.07) is 11.7. The average molecular weight is 301 g/mol.